The Morgan fingerprint density at radius 1 is 1.23 bits per heavy atom. The lowest BCUT2D eigenvalue weighted by Crippen LogP contribution is -2.35. The van der Waals surface area contributed by atoms with Gasteiger partial charge in [-0.2, -0.15) is 15.0 Å². The molecule has 120 valence electrons. The van der Waals surface area contributed by atoms with Gasteiger partial charge in [-0.3, -0.25) is 0 Å². The molecular formula is C15H24N6O. The number of hydrogen-bond acceptors (Lipinski definition) is 7. The maximum absolute atomic E-state index is 5.74. The van der Waals surface area contributed by atoms with E-state index in [0.717, 1.165) is 25.6 Å². The van der Waals surface area contributed by atoms with E-state index in [1.165, 1.54) is 19.3 Å². The van der Waals surface area contributed by atoms with Gasteiger partial charge in [-0.05, 0) is 33.1 Å². The summed E-state index contributed by atoms with van der Waals surface area (Å²) < 4.78 is 5.74. The lowest BCUT2D eigenvalue weighted by Gasteiger charge is -2.26. The minimum absolute atomic E-state index is 0.313. The summed E-state index contributed by atoms with van der Waals surface area (Å²) in [7, 11) is 0. The molecule has 3 heterocycles. The van der Waals surface area contributed by atoms with Crippen molar-refractivity contribution in [3.8, 4) is 6.01 Å². The number of hydrogen-bond donors (Lipinski definition) is 1. The molecule has 0 radical (unpaired) electrons. The number of anilines is 1. The van der Waals surface area contributed by atoms with Crippen LogP contribution in [0.1, 0.15) is 32.0 Å². The van der Waals surface area contributed by atoms with Crippen LogP contribution in [0.3, 0.4) is 0 Å². The van der Waals surface area contributed by atoms with Gasteiger partial charge in [0.2, 0.25) is 5.95 Å². The maximum atomic E-state index is 5.74. The molecular weight excluding hydrogens is 280 g/mol. The Morgan fingerprint density at radius 2 is 2.05 bits per heavy atom. The fraction of sp³-hybridized carbons (Fsp3) is 0.667. The molecule has 7 heteroatoms. The summed E-state index contributed by atoms with van der Waals surface area (Å²) in [6.07, 6.45) is 7.99. The second-order valence-corrected chi connectivity index (χ2v) is 5.76. The Balaban J connectivity index is 1.58. The molecule has 0 saturated carbocycles. The lowest BCUT2D eigenvalue weighted by molar-refractivity contribution is 0.213. The van der Waals surface area contributed by atoms with Gasteiger partial charge in [0, 0.05) is 25.5 Å². The van der Waals surface area contributed by atoms with Crippen molar-refractivity contribution < 1.29 is 4.74 Å². The Hall–Kier alpha value is -2.05. The molecule has 7 nitrogen and oxygen atoms in total. The van der Waals surface area contributed by atoms with Crippen molar-refractivity contribution in [2.24, 2.45) is 0 Å². The normalized spacial score (nSPS) is 21.1. The van der Waals surface area contributed by atoms with Gasteiger partial charge in [0.15, 0.2) is 0 Å². The monoisotopic (exact) mass is 304 g/mol. The molecule has 0 aliphatic carbocycles. The summed E-state index contributed by atoms with van der Waals surface area (Å²) >= 11 is 0. The molecule has 1 fully saturated rings. The van der Waals surface area contributed by atoms with Crippen LogP contribution in [0.2, 0.25) is 0 Å². The third-order valence-electron chi connectivity index (χ3n) is 4.04. The highest BCUT2D eigenvalue weighted by Crippen LogP contribution is 2.17. The van der Waals surface area contributed by atoms with Crippen LogP contribution >= 0.6 is 0 Å². The molecule has 1 aromatic heterocycles. The fourth-order valence-corrected chi connectivity index (χ4v) is 2.76. The first-order chi connectivity index (χ1) is 10.7. The van der Waals surface area contributed by atoms with Gasteiger partial charge < -0.3 is 19.9 Å². The summed E-state index contributed by atoms with van der Waals surface area (Å²) in [5.41, 5.74) is 0. The summed E-state index contributed by atoms with van der Waals surface area (Å²) in [6, 6.07) is 0.428. The molecule has 0 spiro atoms. The number of ether oxygens (including phenoxy) is 1. The molecule has 0 bridgehead atoms. The Kier molecular flexibility index (Phi) is 4.60. The van der Waals surface area contributed by atoms with Crippen LogP contribution in [-0.2, 0) is 0 Å². The van der Waals surface area contributed by atoms with Crippen molar-refractivity contribution in [1.29, 1.82) is 0 Å². The highest BCUT2D eigenvalue weighted by Gasteiger charge is 2.16. The maximum Gasteiger partial charge on any atom is 0.321 e. The quantitative estimate of drug-likeness (QED) is 0.878. The predicted octanol–water partition coefficient (Wildman–Crippen LogP) is 1.27. The van der Waals surface area contributed by atoms with Crippen molar-refractivity contribution in [2.45, 2.75) is 39.3 Å². The highest BCUT2D eigenvalue weighted by molar-refractivity contribution is 5.31. The van der Waals surface area contributed by atoms with E-state index in [1.807, 2.05) is 19.3 Å². The van der Waals surface area contributed by atoms with E-state index in [0.29, 0.717) is 24.6 Å². The summed E-state index contributed by atoms with van der Waals surface area (Å²) in [5.74, 6) is 1.46. The van der Waals surface area contributed by atoms with Crippen molar-refractivity contribution in [2.75, 3.05) is 31.1 Å². The molecule has 1 saturated heterocycles. The molecule has 1 unspecified atom stereocenters. The zero-order chi connectivity index (χ0) is 15.4. The first-order valence-corrected chi connectivity index (χ1v) is 8.01. The van der Waals surface area contributed by atoms with Gasteiger partial charge in [-0.25, -0.2) is 0 Å². The van der Waals surface area contributed by atoms with Crippen LogP contribution in [0, 0.1) is 6.92 Å². The third-order valence-corrected chi connectivity index (χ3v) is 4.04. The van der Waals surface area contributed by atoms with E-state index in [-0.39, 0.29) is 0 Å². The van der Waals surface area contributed by atoms with Crippen LogP contribution < -0.4 is 15.0 Å². The molecule has 0 amide bonds. The van der Waals surface area contributed by atoms with E-state index in [1.54, 1.807) is 0 Å². The topological polar surface area (TPSA) is 66.4 Å². The molecule has 1 aromatic rings. The molecule has 2 aliphatic heterocycles. The largest absolute Gasteiger partial charge is 0.461 e. The van der Waals surface area contributed by atoms with E-state index in [4.69, 9.17) is 4.74 Å². The second kappa shape index (κ2) is 6.81. The van der Waals surface area contributed by atoms with Crippen LogP contribution in [0.15, 0.2) is 12.4 Å². The molecule has 3 rings (SSSR count). The standard InChI is InChI=1S/C15H24N6O/c1-12-17-14(21-7-4-3-5-8-21)19-15(18-12)22-11-10-20-9-6-16-13(20)2/h6,9,13,16H,3-5,7-8,10-11H2,1-2H3. The fourth-order valence-electron chi connectivity index (χ4n) is 2.76. The van der Waals surface area contributed by atoms with E-state index < -0.39 is 0 Å². The predicted molar refractivity (Wildman–Crippen MR) is 84.6 cm³/mol. The van der Waals surface area contributed by atoms with Crippen LogP contribution in [0.25, 0.3) is 0 Å². The SMILES string of the molecule is Cc1nc(OCCN2C=CNC2C)nc(N2CCCCC2)n1. The van der Waals surface area contributed by atoms with Gasteiger partial charge >= 0.3 is 6.01 Å². The van der Waals surface area contributed by atoms with Crippen molar-refractivity contribution in [3.63, 3.8) is 0 Å². The minimum atomic E-state index is 0.313. The van der Waals surface area contributed by atoms with Gasteiger partial charge in [-0.1, -0.05) is 0 Å². The van der Waals surface area contributed by atoms with Crippen LogP contribution in [-0.4, -0.2) is 52.3 Å². The third kappa shape index (κ3) is 3.58. The number of rotatable bonds is 5. The summed E-state index contributed by atoms with van der Waals surface area (Å²) in [6.45, 7) is 7.39. The molecule has 0 aromatic carbocycles. The van der Waals surface area contributed by atoms with E-state index >= 15 is 0 Å². The van der Waals surface area contributed by atoms with Crippen LogP contribution in [0.4, 0.5) is 5.95 Å². The number of aromatic nitrogens is 3. The molecule has 22 heavy (non-hydrogen) atoms. The average molecular weight is 304 g/mol. The number of nitrogens with one attached hydrogen (secondary N) is 1. The average Bonchev–Trinajstić information content (AvgIpc) is 2.93. The number of aryl methyl sites for hydroxylation is 1. The molecule has 2 aliphatic rings. The van der Waals surface area contributed by atoms with Crippen molar-refractivity contribution >= 4 is 5.95 Å². The minimum Gasteiger partial charge on any atom is -0.461 e. The Bertz CT molecular complexity index is 529. The van der Waals surface area contributed by atoms with Gasteiger partial charge in [-0.15, -0.1) is 0 Å². The van der Waals surface area contributed by atoms with Gasteiger partial charge in [0.25, 0.3) is 0 Å². The first-order valence-electron chi connectivity index (χ1n) is 8.01. The first kappa shape index (κ1) is 14.9. The zero-order valence-corrected chi connectivity index (χ0v) is 13.3. The van der Waals surface area contributed by atoms with E-state index in [9.17, 15) is 0 Å². The summed E-state index contributed by atoms with van der Waals surface area (Å²) in [4.78, 5) is 17.6. The second-order valence-electron chi connectivity index (χ2n) is 5.76. The number of piperidine rings is 1. The van der Waals surface area contributed by atoms with E-state index in [2.05, 4.69) is 37.0 Å². The van der Waals surface area contributed by atoms with Gasteiger partial charge in [0.1, 0.15) is 12.4 Å². The van der Waals surface area contributed by atoms with Crippen molar-refractivity contribution in [3.05, 3.63) is 18.2 Å². The molecule has 1 N–H and O–H groups in total. The summed E-state index contributed by atoms with van der Waals surface area (Å²) in [5, 5.41) is 3.22. The zero-order valence-electron chi connectivity index (χ0n) is 13.3. The Morgan fingerprint density at radius 3 is 2.77 bits per heavy atom. The smallest absolute Gasteiger partial charge is 0.321 e. The lowest BCUT2D eigenvalue weighted by atomic mass is 10.1. The highest BCUT2D eigenvalue weighted by atomic mass is 16.5. The number of nitrogens with zero attached hydrogens (tertiary/aromatic N) is 5. The van der Waals surface area contributed by atoms with Gasteiger partial charge in [0.05, 0.1) is 12.7 Å². The van der Waals surface area contributed by atoms with Crippen LogP contribution in [0.5, 0.6) is 6.01 Å². The Labute approximate surface area is 131 Å². The molecule has 1 atom stereocenters. The van der Waals surface area contributed by atoms with Crippen molar-refractivity contribution in [1.82, 2.24) is 25.2 Å².